The van der Waals surface area contributed by atoms with Crippen LogP contribution in [0.1, 0.15) is 31.7 Å². The summed E-state index contributed by atoms with van der Waals surface area (Å²) in [6.07, 6.45) is 4.39. The van der Waals surface area contributed by atoms with Crippen LogP contribution in [-0.2, 0) is 11.2 Å². The summed E-state index contributed by atoms with van der Waals surface area (Å²) in [7, 11) is 3.29. The van der Waals surface area contributed by atoms with Crippen molar-refractivity contribution in [2.45, 2.75) is 38.6 Å². The van der Waals surface area contributed by atoms with Crippen LogP contribution in [-0.4, -0.2) is 26.2 Å². The molecule has 0 unspecified atom stereocenters. The van der Waals surface area contributed by atoms with Crippen LogP contribution in [0.3, 0.4) is 0 Å². The number of ether oxygens (including phenoxy) is 2. The number of methoxy groups -OCH3 is 2. The zero-order valence-electron chi connectivity index (χ0n) is 12.4. The summed E-state index contributed by atoms with van der Waals surface area (Å²) in [6.45, 7) is 1.59. The molecular formula is C16H23NO3. The zero-order valence-corrected chi connectivity index (χ0v) is 12.4. The Morgan fingerprint density at radius 1 is 1.25 bits per heavy atom. The monoisotopic (exact) mass is 277 g/mol. The third-order valence-corrected chi connectivity index (χ3v) is 3.99. The van der Waals surface area contributed by atoms with Crippen LogP contribution < -0.4 is 14.8 Å². The molecule has 1 N–H and O–H groups in total. The second-order valence-electron chi connectivity index (χ2n) is 5.39. The molecule has 110 valence electrons. The summed E-state index contributed by atoms with van der Waals surface area (Å²) in [5, 5.41) is 3.07. The minimum atomic E-state index is 0.0641. The van der Waals surface area contributed by atoms with Gasteiger partial charge in [-0.3, -0.25) is 4.79 Å². The van der Waals surface area contributed by atoms with Crippen LogP contribution in [0.5, 0.6) is 11.5 Å². The predicted octanol–water partition coefficient (Wildman–Crippen LogP) is 2.55. The van der Waals surface area contributed by atoms with Crippen LogP contribution in [0, 0.1) is 5.92 Å². The van der Waals surface area contributed by atoms with Gasteiger partial charge in [-0.25, -0.2) is 0 Å². The summed E-state index contributed by atoms with van der Waals surface area (Å²) in [6, 6.07) is 6.35. The van der Waals surface area contributed by atoms with Gasteiger partial charge in [-0.2, -0.15) is 0 Å². The first-order valence-electron chi connectivity index (χ1n) is 7.12. The summed E-state index contributed by atoms with van der Waals surface area (Å²) in [5.74, 6) is 2.09. The normalized spacial score (nSPS) is 21.6. The van der Waals surface area contributed by atoms with E-state index in [1.165, 1.54) is 18.4 Å². The molecule has 0 aromatic heterocycles. The van der Waals surface area contributed by atoms with E-state index >= 15 is 0 Å². The van der Waals surface area contributed by atoms with Crippen molar-refractivity contribution in [3.63, 3.8) is 0 Å². The van der Waals surface area contributed by atoms with Crippen LogP contribution in [0.25, 0.3) is 0 Å². The van der Waals surface area contributed by atoms with Gasteiger partial charge in [-0.05, 0) is 42.9 Å². The molecule has 2 rings (SSSR count). The van der Waals surface area contributed by atoms with Crippen molar-refractivity contribution in [3.8, 4) is 11.5 Å². The van der Waals surface area contributed by atoms with Gasteiger partial charge in [0.05, 0.1) is 14.2 Å². The van der Waals surface area contributed by atoms with E-state index in [1.54, 1.807) is 21.1 Å². The minimum absolute atomic E-state index is 0.0641. The largest absolute Gasteiger partial charge is 0.493 e. The Balaban J connectivity index is 2.07. The second-order valence-corrected chi connectivity index (χ2v) is 5.39. The second kappa shape index (κ2) is 6.64. The molecule has 1 aromatic rings. The standard InChI is InChI=1S/C16H23NO3/c1-11(18)17-14-6-4-5-13(14)9-12-7-8-15(19-2)16(10-12)20-3/h7-8,10,13-14H,4-6,9H2,1-3H3,(H,17,18)/t13-,14-/m1/s1. The first-order chi connectivity index (χ1) is 9.63. The van der Waals surface area contributed by atoms with Gasteiger partial charge in [0, 0.05) is 13.0 Å². The van der Waals surface area contributed by atoms with E-state index in [1.807, 2.05) is 12.1 Å². The lowest BCUT2D eigenvalue weighted by atomic mass is 9.94. The number of rotatable bonds is 5. The first kappa shape index (κ1) is 14.7. The lowest BCUT2D eigenvalue weighted by Crippen LogP contribution is -2.36. The number of nitrogens with one attached hydrogen (secondary N) is 1. The Morgan fingerprint density at radius 3 is 2.65 bits per heavy atom. The maximum Gasteiger partial charge on any atom is 0.217 e. The van der Waals surface area contributed by atoms with Crippen molar-refractivity contribution in [1.82, 2.24) is 5.32 Å². The Hall–Kier alpha value is -1.71. The van der Waals surface area contributed by atoms with E-state index in [4.69, 9.17) is 9.47 Å². The van der Waals surface area contributed by atoms with Crippen LogP contribution in [0.4, 0.5) is 0 Å². The molecule has 1 aliphatic carbocycles. The average molecular weight is 277 g/mol. The Kier molecular flexibility index (Phi) is 4.88. The first-order valence-corrected chi connectivity index (χ1v) is 7.12. The molecule has 0 heterocycles. The fourth-order valence-corrected chi connectivity index (χ4v) is 3.04. The number of carbonyl (C=O) groups is 1. The van der Waals surface area contributed by atoms with Gasteiger partial charge in [0.1, 0.15) is 0 Å². The van der Waals surface area contributed by atoms with Crippen molar-refractivity contribution in [2.75, 3.05) is 14.2 Å². The maximum atomic E-state index is 11.2. The van der Waals surface area contributed by atoms with E-state index in [9.17, 15) is 4.79 Å². The molecule has 1 aliphatic rings. The number of hydrogen-bond donors (Lipinski definition) is 1. The third kappa shape index (κ3) is 3.44. The van der Waals surface area contributed by atoms with Gasteiger partial charge >= 0.3 is 0 Å². The van der Waals surface area contributed by atoms with Gasteiger partial charge in [0.25, 0.3) is 0 Å². The molecule has 2 atom stereocenters. The molecular weight excluding hydrogens is 254 g/mol. The van der Waals surface area contributed by atoms with E-state index in [0.29, 0.717) is 12.0 Å². The molecule has 0 saturated heterocycles. The number of amides is 1. The number of benzene rings is 1. The van der Waals surface area contributed by atoms with Crippen molar-refractivity contribution in [3.05, 3.63) is 23.8 Å². The maximum absolute atomic E-state index is 11.2. The minimum Gasteiger partial charge on any atom is -0.493 e. The number of carbonyl (C=O) groups excluding carboxylic acids is 1. The predicted molar refractivity (Wildman–Crippen MR) is 78.2 cm³/mol. The highest BCUT2D eigenvalue weighted by Gasteiger charge is 2.28. The van der Waals surface area contributed by atoms with Crippen LogP contribution in [0.15, 0.2) is 18.2 Å². The highest BCUT2D eigenvalue weighted by atomic mass is 16.5. The molecule has 0 bridgehead atoms. The third-order valence-electron chi connectivity index (χ3n) is 3.99. The Morgan fingerprint density at radius 2 is 2.00 bits per heavy atom. The average Bonchev–Trinajstić information content (AvgIpc) is 2.85. The molecule has 20 heavy (non-hydrogen) atoms. The van der Waals surface area contributed by atoms with Gasteiger partial charge in [-0.1, -0.05) is 12.5 Å². The van der Waals surface area contributed by atoms with Gasteiger partial charge in [0.2, 0.25) is 5.91 Å². The lowest BCUT2D eigenvalue weighted by molar-refractivity contribution is -0.119. The van der Waals surface area contributed by atoms with E-state index in [-0.39, 0.29) is 5.91 Å². The van der Waals surface area contributed by atoms with E-state index in [2.05, 4.69) is 11.4 Å². The molecule has 0 radical (unpaired) electrons. The van der Waals surface area contributed by atoms with E-state index < -0.39 is 0 Å². The van der Waals surface area contributed by atoms with Crippen LogP contribution in [0.2, 0.25) is 0 Å². The molecule has 1 aromatic carbocycles. The highest BCUT2D eigenvalue weighted by Crippen LogP contribution is 2.32. The molecule has 0 spiro atoms. The van der Waals surface area contributed by atoms with E-state index in [0.717, 1.165) is 24.3 Å². The molecule has 0 aliphatic heterocycles. The quantitative estimate of drug-likeness (QED) is 0.899. The Labute approximate surface area is 120 Å². The fraction of sp³-hybridized carbons (Fsp3) is 0.562. The lowest BCUT2D eigenvalue weighted by Gasteiger charge is -2.20. The molecule has 1 fully saturated rings. The zero-order chi connectivity index (χ0) is 14.5. The van der Waals surface area contributed by atoms with Gasteiger partial charge < -0.3 is 14.8 Å². The Bertz CT molecular complexity index is 473. The summed E-state index contributed by atoms with van der Waals surface area (Å²) in [5.41, 5.74) is 1.23. The number of hydrogen-bond acceptors (Lipinski definition) is 3. The van der Waals surface area contributed by atoms with Crippen molar-refractivity contribution >= 4 is 5.91 Å². The van der Waals surface area contributed by atoms with Crippen LogP contribution >= 0.6 is 0 Å². The molecule has 4 nitrogen and oxygen atoms in total. The van der Waals surface area contributed by atoms with Crippen molar-refractivity contribution in [1.29, 1.82) is 0 Å². The molecule has 4 heteroatoms. The summed E-state index contributed by atoms with van der Waals surface area (Å²) < 4.78 is 10.6. The molecule has 1 amide bonds. The highest BCUT2D eigenvalue weighted by molar-refractivity contribution is 5.73. The smallest absolute Gasteiger partial charge is 0.217 e. The van der Waals surface area contributed by atoms with Gasteiger partial charge in [0.15, 0.2) is 11.5 Å². The van der Waals surface area contributed by atoms with Crippen molar-refractivity contribution < 1.29 is 14.3 Å². The van der Waals surface area contributed by atoms with Gasteiger partial charge in [-0.15, -0.1) is 0 Å². The topological polar surface area (TPSA) is 47.6 Å². The SMILES string of the molecule is COc1ccc(C[C@H]2CCC[C@H]2NC(C)=O)cc1OC. The summed E-state index contributed by atoms with van der Waals surface area (Å²) >= 11 is 0. The van der Waals surface area contributed by atoms with Crippen molar-refractivity contribution in [2.24, 2.45) is 5.92 Å². The fourth-order valence-electron chi connectivity index (χ4n) is 3.04. The molecule has 1 saturated carbocycles. The summed E-state index contributed by atoms with van der Waals surface area (Å²) in [4.78, 5) is 11.2.